The van der Waals surface area contributed by atoms with Crippen LogP contribution in [0.2, 0.25) is 0 Å². The van der Waals surface area contributed by atoms with Crippen LogP contribution in [0, 0.1) is 0 Å². The number of nitrogens with one attached hydrogen (secondary N) is 1. The Morgan fingerprint density at radius 3 is 3.00 bits per heavy atom. The molecule has 3 rings (SSSR count). The van der Waals surface area contributed by atoms with E-state index in [9.17, 15) is 4.79 Å². The Morgan fingerprint density at radius 1 is 1.32 bits per heavy atom. The molecule has 0 aliphatic carbocycles. The molecule has 3 aromatic rings. The van der Waals surface area contributed by atoms with Crippen LogP contribution >= 0.6 is 0 Å². The van der Waals surface area contributed by atoms with Gasteiger partial charge in [0.25, 0.3) is 0 Å². The van der Waals surface area contributed by atoms with E-state index in [2.05, 4.69) is 15.5 Å². The third kappa shape index (κ3) is 5.07. The summed E-state index contributed by atoms with van der Waals surface area (Å²) in [5.74, 6) is 0.485. The number of carbonyl (C=O) groups excluding carboxylic acids is 1. The van der Waals surface area contributed by atoms with E-state index in [0.29, 0.717) is 24.6 Å². The summed E-state index contributed by atoms with van der Waals surface area (Å²) < 4.78 is 9.18. The van der Waals surface area contributed by atoms with Gasteiger partial charge in [-0.15, -0.1) is 0 Å². The van der Waals surface area contributed by atoms with Crippen LogP contribution in [0.5, 0.6) is 5.75 Å². The first-order valence-electron chi connectivity index (χ1n) is 7.87. The van der Waals surface area contributed by atoms with E-state index in [1.54, 1.807) is 33.9 Å². The second-order valence-corrected chi connectivity index (χ2v) is 5.42. The zero-order valence-electron chi connectivity index (χ0n) is 13.9. The SMILES string of the molecule is Cn1cc(C=CC(=O)Nc2cccc(OCCn3cccn3)c2)cn1. The van der Waals surface area contributed by atoms with Crippen molar-refractivity contribution in [2.75, 3.05) is 11.9 Å². The smallest absolute Gasteiger partial charge is 0.248 e. The summed E-state index contributed by atoms with van der Waals surface area (Å²) in [4.78, 5) is 12.0. The zero-order chi connectivity index (χ0) is 17.5. The lowest BCUT2D eigenvalue weighted by Crippen LogP contribution is -2.09. The molecule has 0 atom stereocenters. The number of hydrogen-bond acceptors (Lipinski definition) is 4. The number of nitrogens with zero attached hydrogens (tertiary/aromatic N) is 4. The van der Waals surface area contributed by atoms with E-state index in [0.717, 1.165) is 5.56 Å². The van der Waals surface area contributed by atoms with Crippen LogP contribution in [0.15, 0.2) is 61.2 Å². The summed E-state index contributed by atoms with van der Waals surface area (Å²) in [6, 6.07) is 9.16. The Hall–Kier alpha value is -3.35. The average Bonchev–Trinajstić information content (AvgIpc) is 3.25. The Balaban J connectivity index is 1.52. The van der Waals surface area contributed by atoms with Crippen molar-refractivity contribution in [1.29, 1.82) is 0 Å². The lowest BCUT2D eigenvalue weighted by atomic mass is 10.3. The van der Waals surface area contributed by atoms with Crippen molar-refractivity contribution in [3.8, 4) is 5.75 Å². The Morgan fingerprint density at radius 2 is 2.24 bits per heavy atom. The van der Waals surface area contributed by atoms with Gasteiger partial charge in [-0.25, -0.2) is 0 Å². The fourth-order valence-corrected chi connectivity index (χ4v) is 2.24. The second-order valence-electron chi connectivity index (χ2n) is 5.42. The first kappa shape index (κ1) is 16.5. The third-order valence-electron chi connectivity index (χ3n) is 3.40. The summed E-state index contributed by atoms with van der Waals surface area (Å²) in [5, 5.41) is 11.0. The van der Waals surface area contributed by atoms with Gasteiger partial charge in [-0.05, 0) is 24.3 Å². The number of hydrogen-bond donors (Lipinski definition) is 1. The van der Waals surface area contributed by atoms with Gasteiger partial charge in [0.05, 0.1) is 12.7 Å². The van der Waals surface area contributed by atoms with Crippen LogP contribution in [0.4, 0.5) is 5.69 Å². The molecule has 0 saturated carbocycles. The van der Waals surface area contributed by atoms with Crippen LogP contribution in [0.25, 0.3) is 6.08 Å². The van der Waals surface area contributed by atoms with Crippen molar-refractivity contribution in [3.05, 3.63) is 66.8 Å². The second kappa shape index (κ2) is 7.96. The topological polar surface area (TPSA) is 74.0 Å². The molecule has 2 heterocycles. The number of aromatic nitrogens is 4. The number of amides is 1. The molecular formula is C18H19N5O2. The van der Waals surface area contributed by atoms with Gasteiger partial charge >= 0.3 is 0 Å². The highest BCUT2D eigenvalue weighted by Crippen LogP contribution is 2.17. The van der Waals surface area contributed by atoms with Crippen molar-refractivity contribution in [1.82, 2.24) is 19.6 Å². The van der Waals surface area contributed by atoms with Crippen LogP contribution in [-0.4, -0.2) is 32.1 Å². The standard InChI is InChI=1S/C18H19N5O2/c1-22-14-15(13-20-22)6-7-18(24)21-16-4-2-5-17(12-16)25-11-10-23-9-3-8-19-23/h2-9,12-14H,10-11H2,1H3,(H,21,24). The zero-order valence-corrected chi connectivity index (χ0v) is 13.9. The third-order valence-corrected chi connectivity index (χ3v) is 3.40. The minimum atomic E-state index is -0.211. The van der Waals surface area contributed by atoms with Crippen molar-refractivity contribution in [2.45, 2.75) is 6.54 Å². The van der Waals surface area contributed by atoms with Crippen molar-refractivity contribution < 1.29 is 9.53 Å². The Kier molecular flexibility index (Phi) is 5.26. The van der Waals surface area contributed by atoms with Crippen molar-refractivity contribution in [3.63, 3.8) is 0 Å². The highest BCUT2D eigenvalue weighted by Gasteiger charge is 2.01. The highest BCUT2D eigenvalue weighted by molar-refractivity contribution is 6.01. The summed E-state index contributed by atoms with van der Waals surface area (Å²) in [6.45, 7) is 1.16. The number of aryl methyl sites for hydroxylation is 1. The van der Waals surface area contributed by atoms with Crippen LogP contribution in [0.1, 0.15) is 5.56 Å². The number of carbonyl (C=O) groups is 1. The predicted octanol–water partition coefficient (Wildman–Crippen LogP) is 2.35. The lowest BCUT2D eigenvalue weighted by Gasteiger charge is -2.08. The fraction of sp³-hybridized carbons (Fsp3) is 0.167. The molecule has 7 nitrogen and oxygen atoms in total. The molecule has 1 amide bonds. The van der Waals surface area contributed by atoms with Gasteiger partial charge in [-0.3, -0.25) is 14.2 Å². The van der Waals surface area contributed by atoms with Gasteiger partial charge in [-0.1, -0.05) is 6.07 Å². The van der Waals surface area contributed by atoms with Crippen LogP contribution in [0.3, 0.4) is 0 Å². The quantitative estimate of drug-likeness (QED) is 0.672. The van der Waals surface area contributed by atoms with Gasteiger partial charge in [0.15, 0.2) is 0 Å². The van der Waals surface area contributed by atoms with Gasteiger partial charge < -0.3 is 10.1 Å². The Labute approximate surface area is 145 Å². The molecule has 2 aromatic heterocycles. The predicted molar refractivity (Wildman–Crippen MR) is 95.0 cm³/mol. The first-order chi connectivity index (χ1) is 12.2. The molecule has 25 heavy (non-hydrogen) atoms. The van der Waals surface area contributed by atoms with Crippen molar-refractivity contribution in [2.24, 2.45) is 7.05 Å². The van der Waals surface area contributed by atoms with Gasteiger partial charge in [0.1, 0.15) is 12.4 Å². The minimum absolute atomic E-state index is 0.211. The molecule has 0 bridgehead atoms. The Bertz CT molecular complexity index is 852. The van der Waals surface area contributed by atoms with E-state index in [1.807, 2.05) is 43.7 Å². The first-order valence-corrected chi connectivity index (χ1v) is 7.87. The summed E-state index contributed by atoms with van der Waals surface area (Å²) in [7, 11) is 1.83. The van der Waals surface area contributed by atoms with E-state index < -0.39 is 0 Å². The largest absolute Gasteiger partial charge is 0.492 e. The number of anilines is 1. The van der Waals surface area contributed by atoms with E-state index in [1.165, 1.54) is 6.08 Å². The van der Waals surface area contributed by atoms with Crippen LogP contribution < -0.4 is 10.1 Å². The molecule has 0 radical (unpaired) electrons. The number of ether oxygens (including phenoxy) is 1. The normalized spacial score (nSPS) is 10.9. The molecule has 0 aliphatic heterocycles. The van der Waals surface area contributed by atoms with E-state index >= 15 is 0 Å². The summed E-state index contributed by atoms with van der Waals surface area (Å²) >= 11 is 0. The van der Waals surface area contributed by atoms with Gasteiger partial charge in [0, 0.05) is 49.0 Å². The van der Waals surface area contributed by atoms with Gasteiger partial charge in [-0.2, -0.15) is 10.2 Å². The molecule has 0 unspecified atom stereocenters. The fourth-order valence-electron chi connectivity index (χ4n) is 2.24. The van der Waals surface area contributed by atoms with Gasteiger partial charge in [0.2, 0.25) is 5.91 Å². The number of rotatable bonds is 7. The summed E-state index contributed by atoms with van der Waals surface area (Å²) in [5.41, 5.74) is 1.55. The minimum Gasteiger partial charge on any atom is -0.492 e. The molecule has 1 N–H and O–H groups in total. The molecule has 0 aliphatic rings. The van der Waals surface area contributed by atoms with Crippen molar-refractivity contribution >= 4 is 17.7 Å². The number of benzene rings is 1. The molecular weight excluding hydrogens is 318 g/mol. The maximum Gasteiger partial charge on any atom is 0.248 e. The average molecular weight is 337 g/mol. The van der Waals surface area contributed by atoms with E-state index in [-0.39, 0.29) is 5.91 Å². The highest BCUT2D eigenvalue weighted by atomic mass is 16.5. The maximum atomic E-state index is 12.0. The molecule has 0 spiro atoms. The molecule has 7 heteroatoms. The molecule has 0 saturated heterocycles. The summed E-state index contributed by atoms with van der Waals surface area (Å²) in [6.07, 6.45) is 10.3. The molecule has 0 fully saturated rings. The van der Waals surface area contributed by atoms with Crippen LogP contribution in [-0.2, 0) is 18.4 Å². The monoisotopic (exact) mass is 337 g/mol. The molecule has 128 valence electrons. The van der Waals surface area contributed by atoms with E-state index in [4.69, 9.17) is 4.74 Å². The molecule has 1 aromatic carbocycles. The lowest BCUT2D eigenvalue weighted by molar-refractivity contribution is -0.111. The maximum absolute atomic E-state index is 12.0.